The molecule has 3 rings (SSSR count). The van der Waals surface area contributed by atoms with E-state index in [1.54, 1.807) is 22.9 Å². The Labute approximate surface area is 146 Å². The summed E-state index contributed by atoms with van der Waals surface area (Å²) in [4.78, 5) is 12.3. The molecule has 25 heavy (non-hydrogen) atoms. The molecule has 0 bridgehead atoms. The van der Waals surface area contributed by atoms with Crippen molar-refractivity contribution in [3.05, 3.63) is 82.9 Å². The van der Waals surface area contributed by atoms with Gasteiger partial charge in [0.2, 0.25) is 5.91 Å². The Morgan fingerprint density at radius 2 is 1.76 bits per heavy atom. The van der Waals surface area contributed by atoms with Crippen LogP contribution in [-0.2, 0) is 17.8 Å². The van der Waals surface area contributed by atoms with Crippen molar-refractivity contribution in [1.29, 1.82) is 0 Å². The third-order valence-electron chi connectivity index (χ3n) is 4.13. The Bertz CT molecular complexity index is 887. The fourth-order valence-electron chi connectivity index (χ4n) is 2.78. The van der Waals surface area contributed by atoms with Crippen LogP contribution in [0.15, 0.2) is 54.6 Å². The van der Waals surface area contributed by atoms with Crippen LogP contribution in [0.25, 0.3) is 0 Å². The van der Waals surface area contributed by atoms with E-state index in [4.69, 9.17) is 0 Å². The maximum atomic E-state index is 13.9. The molecule has 4 nitrogen and oxygen atoms in total. The fourth-order valence-corrected chi connectivity index (χ4v) is 2.78. The topological polar surface area (TPSA) is 46.9 Å². The Kier molecular flexibility index (Phi) is 4.93. The van der Waals surface area contributed by atoms with E-state index in [-0.39, 0.29) is 11.7 Å². The first-order chi connectivity index (χ1) is 12.0. The van der Waals surface area contributed by atoms with Crippen molar-refractivity contribution in [3.8, 4) is 0 Å². The molecule has 2 aromatic carbocycles. The summed E-state index contributed by atoms with van der Waals surface area (Å²) < 4.78 is 15.6. The molecule has 0 atom stereocenters. The number of anilines is 1. The van der Waals surface area contributed by atoms with Gasteiger partial charge in [-0.15, -0.1) is 0 Å². The summed E-state index contributed by atoms with van der Waals surface area (Å²) in [5.41, 5.74) is 3.74. The lowest BCUT2D eigenvalue weighted by Crippen LogP contribution is -2.15. The fraction of sp³-hybridized carbons (Fsp3) is 0.200. The predicted octanol–water partition coefficient (Wildman–Crippen LogP) is 3.87. The summed E-state index contributed by atoms with van der Waals surface area (Å²) in [7, 11) is 0. The number of aromatic nitrogens is 2. The third kappa shape index (κ3) is 3.94. The van der Waals surface area contributed by atoms with Crippen LogP contribution in [0.3, 0.4) is 0 Å². The molecule has 1 amide bonds. The van der Waals surface area contributed by atoms with E-state index < -0.39 is 0 Å². The SMILES string of the molecule is Cc1nn(Cc2ccccc2F)c(C)c1NC(=O)Cc1ccccc1. The zero-order chi connectivity index (χ0) is 17.8. The molecular formula is C20H20FN3O. The zero-order valence-corrected chi connectivity index (χ0v) is 14.3. The van der Waals surface area contributed by atoms with Crippen LogP contribution in [0.4, 0.5) is 10.1 Å². The van der Waals surface area contributed by atoms with Crippen LogP contribution < -0.4 is 5.32 Å². The summed E-state index contributed by atoms with van der Waals surface area (Å²) in [6.45, 7) is 4.04. The summed E-state index contributed by atoms with van der Waals surface area (Å²) in [5.74, 6) is -0.354. The van der Waals surface area contributed by atoms with Gasteiger partial charge in [-0.2, -0.15) is 5.10 Å². The van der Waals surface area contributed by atoms with Gasteiger partial charge in [0.25, 0.3) is 0 Å². The van der Waals surface area contributed by atoms with Crippen molar-refractivity contribution >= 4 is 11.6 Å². The number of nitrogens with one attached hydrogen (secondary N) is 1. The van der Waals surface area contributed by atoms with Crippen molar-refractivity contribution < 1.29 is 9.18 Å². The maximum Gasteiger partial charge on any atom is 0.228 e. The minimum Gasteiger partial charge on any atom is -0.323 e. The highest BCUT2D eigenvalue weighted by atomic mass is 19.1. The smallest absolute Gasteiger partial charge is 0.228 e. The van der Waals surface area contributed by atoms with Crippen LogP contribution in [0.1, 0.15) is 22.5 Å². The number of benzene rings is 2. The first-order valence-electron chi connectivity index (χ1n) is 8.16. The van der Waals surface area contributed by atoms with E-state index in [2.05, 4.69) is 10.4 Å². The van der Waals surface area contributed by atoms with E-state index in [9.17, 15) is 9.18 Å². The van der Waals surface area contributed by atoms with Gasteiger partial charge in [-0.05, 0) is 25.5 Å². The van der Waals surface area contributed by atoms with Crippen molar-refractivity contribution in [2.24, 2.45) is 0 Å². The highest BCUT2D eigenvalue weighted by Crippen LogP contribution is 2.21. The van der Waals surface area contributed by atoms with Gasteiger partial charge < -0.3 is 5.32 Å². The molecule has 0 unspecified atom stereocenters. The van der Waals surface area contributed by atoms with Crippen LogP contribution in [0, 0.1) is 19.7 Å². The highest BCUT2D eigenvalue weighted by Gasteiger charge is 2.15. The largest absolute Gasteiger partial charge is 0.323 e. The van der Waals surface area contributed by atoms with Crippen LogP contribution >= 0.6 is 0 Å². The van der Waals surface area contributed by atoms with E-state index in [1.165, 1.54) is 6.07 Å². The second-order valence-electron chi connectivity index (χ2n) is 6.01. The van der Waals surface area contributed by atoms with Gasteiger partial charge in [0.15, 0.2) is 0 Å². The minimum absolute atomic E-state index is 0.0946. The number of nitrogens with zero attached hydrogens (tertiary/aromatic N) is 2. The number of halogens is 1. The number of carbonyl (C=O) groups is 1. The van der Waals surface area contributed by atoms with Crippen LogP contribution in [-0.4, -0.2) is 15.7 Å². The monoisotopic (exact) mass is 337 g/mol. The van der Waals surface area contributed by atoms with E-state index in [0.717, 1.165) is 17.0 Å². The molecule has 1 heterocycles. The average Bonchev–Trinajstić information content (AvgIpc) is 2.85. The van der Waals surface area contributed by atoms with E-state index >= 15 is 0 Å². The quantitative estimate of drug-likeness (QED) is 0.768. The lowest BCUT2D eigenvalue weighted by atomic mass is 10.1. The Morgan fingerprint density at radius 1 is 1.08 bits per heavy atom. The van der Waals surface area contributed by atoms with Gasteiger partial charge in [0.05, 0.1) is 30.0 Å². The van der Waals surface area contributed by atoms with Crippen LogP contribution in [0.2, 0.25) is 0 Å². The minimum atomic E-state index is -0.260. The zero-order valence-electron chi connectivity index (χ0n) is 14.3. The summed E-state index contributed by atoms with van der Waals surface area (Å²) in [6.07, 6.45) is 0.304. The van der Waals surface area contributed by atoms with Crippen LogP contribution in [0.5, 0.6) is 0 Å². The molecule has 128 valence electrons. The third-order valence-corrected chi connectivity index (χ3v) is 4.13. The van der Waals surface area contributed by atoms with Crippen molar-refractivity contribution in [3.63, 3.8) is 0 Å². The molecule has 0 saturated heterocycles. The molecular weight excluding hydrogens is 317 g/mol. The molecule has 0 radical (unpaired) electrons. The van der Waals surface area contributed by atoms with Gasteiger partial charge in [0.1, 0.15) is 5.82 Å². The first-order valence-corrected chi connectivity index (χ1v) is 8.16. The van der Waals surface area contributed by atoms with Gasteiger partial charge in [-0.1, -0.05) is 48.5 Å². The van der Waals surface area contributed by atoms with Gasteiger partial charge >= 0.3 is 0 Å². The molecule has 0 aliphatic carbocycles. The molecule has 1 N–H and O–H groups in total. The van der Waals surface area contributed by atoms with Crippen molar-refractivity contribution in [2.75, 3.05) is 5.32 Å². The molecule has 1 aromatic heterocycles. The van der Waals surface area contributed by atoms with E-state index in [1.807, 2.05) is 44.2 Å². The number of hydrogen-bond acceptors (Lipinski definition) is 2. The molecule has 0 saturated carbocycles. The number of amides is 1. The van der Waals surface area contributed by atoms with Gasteiger partial charge in [-0.25, -0.2) is 4.39 Å². The number of carbonyl (C=O) groups excluding carboxylic acids is 1. The lowest BCUT2D eigenvalue weighted by Gasteiger charge is -2.08. The standard InChI is InChI=1S/C20H20FN3O/c1-14-20(22-19(25)12-16-8-4-3-5-9-16)15(2)24(23-14)13-17-10-6-7-11-18(17)21/h3-11H,12-13H2,1-2H3,(H,22,25). The van der Waals surface area contributed by atoms with E-state index in [0.29, 0.717) is 24.2 Å². The first kappa shape index (κ1) is 16.9. The van der Waals surface area contributed by atoms with Gasteiger partial charge in [0, 0.05) is 5.56 Å². The molecule has 0 fully saturated rings. The predicted molar refractivity (Wildman–Crippen MR) is 96.0 cm³/mol. The summed E-state index contributed by atoms with van der Waals surface area (Å²) in [6, 6.07) is 16.2. The Hall–Kier alpha value is -2.95. The number of rotatable bonds is 5. The number of aryl methyl sites for hydroxylation is 1. The maximum absolute atomic E-state index is 13.9. The second-order valence-corrected chi connectivity index (χ2v) is 6.01. The molecule has 0 spiro atoms. The second kappa shape index (κ2) is 7.30. The lowest BCUT2D eigenvalue weighted by molar-refractivity contribution is -0.115. The normalized spacial score (nSPS) is 10.7. The molecule has 0 aliphatic rings. The highest BCUT2D eigenvalue weighted by molar-refractivity contribution is 5.93. The molecule has 5 heteroatoms. The van der Waals surface area contributed by atoms with Crippen molar-refractivity contribution in [2.45, 2.75) is 26.8 Å². The summed E-state index contributed by atoms with van der Waals surface area (Å²) >= 11 is 0. The summed E-state index contributed by atoms with van der Waals surface area (Å²) in [5, 5.41) is 7.37. The Morgan fingerprint density at radius 3 is 2.48 bits per heavy atom. The van der Waals surface area contributed by atoms with Gasteiger partial charge in [-0.3, -0.25) is 9.48 Å². The molecule has 3 aromatic rings. The average molecular weight is 337 g/mol. The Balaban J connectivity index is 1.76. The number of hydrogen-bond donors (Lipinski definition) is 1. The molecule has 0 aliphatic heterocycles. The van der Waals surface area contributed by atoms with Crippen molar-refractivity contribution in [1.82, 2.24) is 9.78 Å².